The van der Waals surface area contributed by atoms with E-state index in [4.69, 9.17) is 4.42 Å². The topological polar surface area (TPSA) is 59.2 Å². The van der Waals surface area contributed by atoms with Crippen LogP contribution in [0, 0.1) is 0 Å². The van der Waals surface area contributed by atoms with Crippen LogP contribution >= 0.6 is 0 Å². The van der Waals surface area contributed by atoms with Crippen molar-refractivity contribution in [3.63, 3.8) is 0 Å². The Balaban J connectivity index is 2.89. The molecule has 0 aliphatic carbocycles. The summed E-state index contributed by atoms with van der Waals surface area (Å²) in [6.45, 7) is 5.14. The molecular weight excluding hydrogens is 144 g/mol. The summed E-state index contributed by atoms with van der Waals surface area (Å²) < 4.78 is 5.12. The molecule has 0 spiro atoms. The number of aromatic nitrogens is 2. The Hall–Kier alpha value is -0.900. The molecule has 0 aliphatic heterocycles. The first-order valence-corrected chi connectivity index (χ1v) is 3.59. The van der Waals surface area contributed by atoms with Crippen molar-refractivity contribution in [3.8, 4) is 0 Å². The molecule has 4 nitrogen and oxygen atoms in total. The Labute approximate surface area is 65.3 Å². The molecule has 0 bridgehead atoms. The molecule has 0 fully saturated rings. The lowest BCUT2D eigenvalue weighted by Gasteiger charge is -2.09. The van der Waals surface area contributed by atoms with Gasteiger partial charge in [0.05, 0.1) is 0 Å². The van der Waals surface area contributed by atoms with E-state index >= 15 is 0 Å². The van der Waals surface area contributed by atoms with Crippen LogP contribution in [0.4, 0.5) is 0 Å². The van der Waals surface area contributed by atoms with Crippen molar-refractivity contribution in [1.29, 1.82) is 0 Å². The van der Waals surface area contributed by atoms with Crippen LogP contribution in [0.15, 0.2) is 4.42 Å². The maximum absolute atomic E-state index is 9.40. The average molecular weight is 156 g/mol. The summed E-state index contributed by atoms with van der Waals surface area (Å²) in [4.78, 5) is 0. The quantitative estimate of drug-likeness (QED) is 0.689. The van der Waals surface area contributed by atoms with Crippen LogP contribution in [-0.2, 0) is 12.0 Å². The molecule has 0 radical (unpaired) electrons. The van der Waals surface area contributed by atoms with Crippen molar-refractivity contribution < 1.29 is 9.52 Å². The van der Waals surface area contributed by atoms with Crippen LogP contribution in [0.3, 0.4) is 0 Å². The minimum atomic E-state index is -1.03. The smallest absolute Gasteiger partial charge is 0.247 e. The number of rotatable bonds is 2. The third-order valence-corrected chi connectivity index (χ3v) is 1.29. The third-order valence-electron chi connectivity index (χ3n) is 1.29. The lowest BCUT2D eigenvalue weighted by atomic mass is 10.1. The van der Waals surface area contributed by atoms with Gasteiger partial charge in [0.1, 0.15) is 5.60 Å². The lowest BCUT2D eigenvalue weighted by Crippen LogP contribution is -2.15. The summed E-state index contributed by atoms with van der Waals surface area (Å²) in [6, 6.07) is 0. The highest BCUT2D eigenvalue weighted by Crippen LogP contribution is 2.17. The fourth-order valence-electron chi connectivity index (χ4n) is 0.644. The Kier molecular flexibility index (Phi) is 1.95. The van der Waals surface area contributed by atoms with Gasteiger partial charge in [0, 0.05) is 6.42 Å². The van der Waals surface area contributed by atoms with Gasteiger partial charge < -0.3 is 9.52 Å². The Morgan fingerprint density at radius 1 is 1.45 bits per heavy atom. The van der Waals surface area contributed by atoms with E-state index in [9.17, 15) is 5.11 Å². The summed E-state index contributed by atoms with van der Waals surface area (Å²) >= 11 is 0. The molecule has 1 rings (SSSR count). The first-order chi connectivity index (χ1) is 5.04. The van der Waals surface area contributed by atoms with Crippen molar-refractivity contribution in [2.75, 3.05) is 0 Å². The zero-order valence-corrected chi connectivity index (χ0v) is 6.96. The van der Waals surface area contributed by atoms with E-state index in [1.54, 1.807) is 13.8 Å². The summed E-state index contributed by atoms with van der Waals surface area (Å²) in [6.07, 6.45) is 0.697. The van der Waals surface area contributed by atoms with Gasteiger partial charge in [0.2, 0.25) is 11.8 Å². The summed E-state index contributed by atoms with van der Waals surface area (Å²) in [5.41, 5.74) is -1.03. The van der Waals surface area contributed by atoms with Gasteiger partial charge in [-0.05, 0) is 13.8 Å². The molecule has 0 amide bonds. The zero-order chi connectivity index (χ0) is 8.48. The molecule has 1 N–H and O–H groups in total. The van der Waals surface area contributed by atoms with Gasteiger partial charge in [-0.3, -0.25) is 0 Å². The molecule has 1 aromatic heterocycles. The fraction of sp³-hybridized carbons (Fsp3) is 0.714. The second-order valence-electron chi connectivity index (χ2n) is 2.91. The first-order valence-electron chi connectivity index (χ1n) is 3.59. The summed E-state index contributed by atoms with van der Waals surface area (Å²) in [7, 11) is 0. The van der Waals surface area contributed by atoms with E-state index in [2.05, 4.69) is 10.2 Å². The van der Waals surface area contributed by atoms with E-state index in [1.165, 1.54) is 0 Å². The number of hydrogen-bond donors (Lipinski definition) is 1. The average Bonchev–Trinajstić information content (AvgIpc) is 2.32. The third kappa shape index (κ3) is 1.77. The summed E-state index contributed by atoms with van der Waals surface area (Å²) in [5.74, 6) is 0.830. The maximum Gasteiger partial charge on any atom is 0.247 e. The molecule has 4 heteroatoms. The molecule has 62 valence electrons. The Morgan fingerprint density at radius 3 is 2.36 bits per heavy atom. The highest BCUT2D eigenvalue weighted by molar-refractivity contribution is 4.91. The van der Waals surface area contributed by atoms with Gasteiger partial charge in [-0.2, -0.15) is 0 Å². The van der Waals surface area contributed by atoms with Crippen molar-refractivity contribution in [2.45, 2.75) is 32.8 Å². The van der Waals surface area contributed by atoms with Gasteiger partial charge >= 0.3 is 0 Å². The molecule has 0 saturated carbocycles. The first kappa shape index (κ1) is 8.20. The number of aryl methyl sites for hydroxylation is 1. The molecule has 1 heterocycles. The van der Waals surface area contributed by atoms with Crippen LogP contribution in [0.1, 0.15) is 32.6 Å². The van der Waals surface area contributed by atoms with Gasteiger partial charge in [0.25, 0.3) is 0 Å². The number of nitrogens with zero attached hydrogens (tertiary/aromatic N) is 2. The van der Waals surface area contributed by atoms with Crippen molar-refractivity contribution >= 4 is 0 Å². The highest BCUT2D eigenvalue weighted by Gasteiger charge is 2.22. The highest BCUT2D eigenvalue weighted by atomic mass is 16.4. The monoisotopic (exact) mass is 156 g/mol. The van der Waals surface area contributed by atoms with Crippen LogP contribution in [0.25, 0.3) is 0 Å². The molecule has 0 aromatic carbocycles. The largest absolute Gasteiger partial charge is 0.422 e. The number of hydrogen-bond acceptors (Lipinski definition) is 4. The van der Waals surface area contributed by atoms with E-state index in [0.29, 0.717) is 12.3 Å². The van der Waals surface area contributed by atoms with Crippen LogP contribution in [-0.4, -0.2) is 15.3 Å². The Morgan fingerprint density at radius 2 is 2.09 bits per heavy atom. The van der Waals surface area contributed by atoms with Crippen molar-refractivity contribution in [3.05, 3.63) is 11.8 Å². The lowest BCUT2D eigenvalue weighted by molar-refractivity contribution is 0.0471. The second kappa shape index (κ2) is 2.62. The van der Waals surface area contributed by atoms with E-state index in [1.807, 2.05) is 6.92 Å². The standard InChI is InChI=1S/C7H12N2O2/c1-4-5-8-9-6(11-5)7(2,3)10/h10H,4H2,1-3H3. The van der Waals surface area contributed by atoms with Gasteiger partial charge in [-0.1, -0.05) is 6.92 Å². The zero-order valence-electron chi connectivity index (χ0n) is 6.96. The molecule has 0 unspecified atom stereocenters. The minimum Gasteiger partial charge on any atom is -0.422 e. The van der Waals surface area contributed by atoms with Crippen molar-refractivity contribution in [1.82, 2.24) is 10.2 Å². The number of aliphatic hydroxyl groups is 1. The van der Waals surface area contributed by atoms with Crippen molar-refractivity contribution in [2.24, 2.45) is 0 Å². The second-order valence-corrected chi connectivity index (χ2v) is 2.91. The Bertz CT molecular complexity index is 237. The van der Waals surface area contributed by atoms with Gasteiger partial charge in [-0.15, -0.1) is 10.2 Å². The molecule has 0 aliphatic rings. The molecule has 0 atom stereocenters. The van der Waals surface area contributed by atoms with Crippen LogP contribution in [0.5, 0.6) is 0 Å². The normalized spacial score (nSPS) is 12.0. The SMILES string of the molecule is CCc1nnc(C(C)(C)O)o1. The van der Waals surface area contributed by atoms with Gasteiger partial charge in [0.15, 0.2) is 0 Å². The molecule has 1 aromatic rings. The van der Waals surface area contributed by atoms with E-state index in [-0.39, 0.29) is 5.89 Å². The molecule has 11 heavy (non-hydrogen) atoms. The predicted octanol–water partition coefficient (Wildman–Crippen LogP) is 0.859. The van der Waals surface area contributed by atoms with E-state index < -0.39 is 5.60 Å². The summed E-state index contributed by atoms with van der Waals surface area (Å²) in [5, 5.41) is 16.8. The van der Waals surface area contributed by atoms with Gasteiger partial charge in [-0.25, -0.2) is 0 Å². The minimum absolute atomic E-state index is 0.273. The predicted molar refractivity (Wildman–Crippen MR) is 38.9 cm³/mol. The molecule has 0 saturated heterocycles. The van der Waals surface area contributed by atoms with Crippen LogP contribution in [0.2, 0.25) is 0 Å². The maximum atomic E-state index is 9.40. The van der Waals surface area contributed by atoms with E-state index in [0.717, 1.165) is 0 Å². The molecular formula is C7H12N2O2. The fourth-order valence-corrected chi connectivity index (χ4v) is 0.644. The van der Waals surface area contributed by atoms with Crippen LogP contribution < -0.4 is 0 Å².